The van der Waals surface area contributed by atoms with Crippen LogP contribution >= 0.6 is 0 Å². The quantitative estimate of drug-likeness (QED) is 0.364. The molecule has 200 valence electrons. The van der Waals surface area contributed by atoms with Gasteiger partial charge in [0.2, 0.25) is 5.91 Å². The summed E-state index contributed by atoms with van der Waals surface area (Å²) in [5.74, 6) is 0.935. The lowest BCUT2D eigenvalue weighted by atomic mass is 10.0. The third-order valence-corrected chi connectivity index (χ3v) is 7.87. The standard InChI is InChI=1S/C32H36N6O/c39-32(22-25-6-2-1-3-7-25)34-28-11-8-26(9-12-28)27-10-13-29-30(23-27)35-31(24-33-29)38-20-18-37(19-21-38)17-16-36-14-4-5-15-36/h1-3,6-13,23-24H,4-5,14-22H2,(H,34,39). The summed E-state index contributed by atoms with van der Waals surface area (Å²) in [5.41, 5.74) is 5.77. The number of fused-ring (bicyclic) bond motifs is 1. The third-order valence-electron chi connectivity index (χ3n) is 7.87. The molecule has 2 aliphatic rings. The lowest BCUT2D eigenvalue weighted by Crippen LogP contribution is -2.48. The molecule has 1 aromatic heterocycles. The lowest BCUT2D eigenvalue weighted by Gasteiger charge is -2.36. The number of carbonyl (C=O) groups is 1. The van der Waals surface area contributed by atoms with Crippen molar-refractivity contribution in [3.63, 3.8) is 0 Å². The molecule has 2 aliphatic heterocycles. The van der Waals surface area contributed by atoms with Crippen molar-refractivity contribution < 1.29 is 4.79 Å². The van der Waals surface area contributed by atoms with Gasteiger partial charge in [-0.1, -0.05) is 48.5 Å². The van der Waals surface area contributed by atoms with Gasteiger partial charge in [-0.3, -0.25) is 14.7 Å². The van der Waals surface area contributed by atoms with Crippen LogP contribution in [0.3, 0.4) is 0 Å². The van der Waals surface area contributed by atoms with E-state index in [1.54, 1.807) is 0 Å². The van der Waals surface area contributed by atoms with E-state index in [-0.39, 0.29) is 5.91 Å². The highest BCUT2D eigenvalue weighted by atomic mass is 16.1. The number of aromatic nitrogens is 2. The maximum Gasteiger partial charge on any atom is 0.228 e. The molecule has 6 rings (SSSR count). The molecule has 2 fully saturated rings. The van der Waals surface area contributed by atoms with Gasteiger partial charge in [-0.25, -0.2) is 4.98 Å². The van der Waals surface area contributed by atoms with Gasteiger partial charge in [-0.15, -0.1) is 0 Å². The predicted molar refractivity (Wildman–Crippen MR) is 158 cm³/mol. The summed E-state index contributed by atoms with van der Waals surface area (Å²) < 4.78 is 0. The molecule has 7 nitrogen and oxygen atoms in total. The van der Waals surface area contributed by atoms with Gasteiger partial charge in [0.05, 0.1) is 23.7 Å². The molecule has 0 saturated carbocycles. The van der Waals surface area contributed by atoms with Crippen LogP contribution in [0.5, 0.6) is 0 Å². The van der Waals surface area contributed by atoms with Crippen LogP contribution in [0.2, 0.25) is 0 Å². The number of hydrogen-bond donors (Lipinski definition) is 1. The topological polar surface area (TPSA) is 64.6 Å². The summed E-state index contributed by atoms with van der Waals surface area (Å²) in [5, 5.41) is 2.99. The largest absolute Gasteiger partial charge is 0.353 e. The number of anilines is 2. The van der Waals surface area contributed by atoms with E-state index in [0.29, 0.717) is 6.42 Å². The van der Waals surface area contributed by atoms with Crippen LogP contribution in [0.15, 0.2) is 79.0 Å². The molecule has 0 bridgehead atoms. The van der Waals surface area contributed by atoms with Crippen LogP contribution in [0.25, 0.3) is 22.2 Å². The summed E-state index contributed by atoms with van der Waals surface area (Å²) in [6.45, 7) is 9.00. The molecular formula is C32H36N6O. The van der Waals surface area contributed by atoms with Crippen LogP contribution in [-0.4, -0.2) is 78.0 Å². The maximum atomic E-state index is 12.4. The van der Waals surface area contributed by atoms with E-state index >= 15 is 0 Å². The Morgan fingerprint density at radius 2 is 1.44 bits per heavy atom. The average Bonchev–Trinajstić information content (AvgIpc) is 3.51. The van der Waals surface area contributed by atoms with Gasteiger partial charge < -0.3 is 15.1 Å². The Bertz CT molecular complexity index is 1390. The van der Waals surface area contributed by atoms with E-state index in [2.05, 4.69) is 32.1 Å². The zero-order valence-corrected chi connectivity index (χ0v) is 22.4. The fourth-order valence-corrected chi connectivity index (χ4v) is 5.56. The Morgan fingerprint density at radius 3 is 2.18 bits per heavy atom. The summed E-state index contributed by atoms with van der Waals surface area (Å²) in [6, 6.07) is 24.0. The molecule has 1 amide bonds. The van der Waals surface area contributed by atoms with Crippen LogP contribution in [0.1, 0.15) is 18.4 Å². The zero-order chi connectivity index (χ0) is 26.4. The number of rotatable bonds is 8. The van der Waals surface area contributed by atoms with Crippen LogP contribution in [0.4, 0.5) is 11.5 Å². The highest BCUT2D eigenvalue weighted by Gasteiger charge is 2.20. The van der Waals surface area contributed by atoms with E-state index in [0.717, 1.165) is 72.0 Å². The fourth-order valence-electron chi connectivity index (χ4n) is 5.56. The number of carbonyl (C=O) groups excluding carboxylic acids is 1. The zero-order valence-electron chi connectivity index (χ0n) is 22.4. The number of likely N-dealkylation sites (tertiary alicyclic amines) is 1. The summed E-state index contributed by atoms with van der Waals surface area (Å²) in [7, 11) is 0. The summed E-state index contributed by atoms with van der Waals surface area (Å²) >= 11 is 0. The highest BCUT2D eigenvalue weighted by Crippen LogP contribution is 2.26. The number of amides is 1. The second-order valence-electron chi connectivity index (χ2n) is 10.6. The van der Waals surface area contributed by atoms with Crippen molar-refractivity contribution in [3.05, 3.63) is 84.6 Å². The predicted octanol–water partition coefficient (Wildman–Crippen LogP) is 4.70. The molecular weight excluding hydrogens is 484 g/mol. The second-order valence-corrected chi connectivity index (χ2v) is 10.6. The summed E-state index contributed by atoms with van der Waals surface area (Å²) in [6.07, 6.45) is 4.99. The van der Waals surface area contributed by atoms with Crippen molar-refractivity contribution in [2.75, 3.05) is 62.6 Å². The molecule has 4 aromatic rings. The minimum absolute atomic E-state index is 0.0186. The van der Waals surface area contributed by atoms with E-state index in [1.807, 2.05) is 66.9 Å². The van der Waals surface area contributed by atoms with E-state index in [4.69, 9.17) is 9.97 Å². The minimum Gasteiger partial charge on any atom is -0.353 e. The van der Waals surface area contributed by atoms with Crippen LogP contribution in [0, 0.1) is 0 Å². The van der Waals surface area contributed by atoms with Gasteiger partial charge in [-0.2, -0.15) is 0 Å². The minimum atomic E-state index is -0.0186. The molecule has 3 heterocycles. The molecule has 0 atom stereocenters. The molecule has 3 aromatic carbocycles. The molecule has 1 N–H and O–H groups in total. The van der Waals surface area contributed by atoms with Gasteiger partial charge >= 0.3 is 0 Å². The van der Waals surface area contributed by atoms with Crippen molar-refractivity contribution in [1.29, 1.82) is 0 Å². The van der Waals surface area contributed by atoms with Gasteiger partial charge in [0.1, 0.15) is 5.82 Å². The molecule has 7 heteroatoms. The van der Waals surface area contributed by atoms with Gasteiger partial charge in [0.25, 0.3) is 0 Å². The first kappa shape index (κ1) is 25.5. The Hall–Kier alpha value is -3.81. The Balaban J connectivity index is 1.08. The molecule has 0 aliphatic carbocycles. The maximum absolute atomic E-state index is 12.4. The van der Waals surface area contributed by atoms with Crippen molar-refractivity contribution >= 4 is 28.4 Å². The van der Waals surface area contributed by atoms with E-state index in [1.165, 1.54) is 32.5 Å². The van der Waals surface area contributed by atoms with E-state index in [9.17, 15) is 4.79 Å². The Kier molecular flexibility index (Phi) is 7.79. The normalized spacial score (nSPS) is 16.6. The molecule has 0 unspecified atom stereocenters. The van der Waals surface area contributed by atoms with Crippen LogP contribution < -0.4 is 10.2 Å². The van der Waals surface area contributed by atoms with Crippen molar-refractivity contribution in [1.82, 2.24) is 19.8 Å². The van der Waals surface area contributed by atoms with Crippen molar-refractivity contribution in [3.8, 4) is 11.1 Å². The fraction of sp³-hybridized carbons (Fsp3) is 0.344. The number of nitrogens with zero attached hydrogens (tertiary/aromatic N) is 5. The Morgan fingerprint density at radius 1 is 0.744 bits per heavy atom. The first-order chi connectivity index (χ1) is 19.2. The third kappa shape index (κ3) is 6.44. The van der Waals surface area contributed by atoms with Gasteiger partial charge in [-0.05, 0) is 66.9 Å². The molecule has 2 saturated heterocycles. The monoisotopic (exact) mass is 520 g/mol. The van der Waals surface area contributed by atoms with Crippen LogP contribution in [-0.2, 0) is 11.2 Å². The van der Waals surface area contributed by atoms with Crippen molar-refractivity contribution in [2.45, 2.75) is 19.3 Å². The molecule has 39 heavy (non-hydrogen) atoms. The van der Waals surface area contributed by atoms with Crippen molar-refractivity contribution in [2.24, 2.45) is 0 Å². The lowest BCUT2D eigenvalue weighted by molar-refractivity contribution is -0.115. The number of hydrogen-bond acceptors (Lipinski definition) is 6. The second kappa shape index (κ2) is 11.9. The van der Waals surface area contributed by atoms with Gasteiger partial charge in [0, 0.05) is 45.0 Å². The van der Waals surface area contributed by atoms with E-state index < -0.39 is 0 Å². The molecule has 0 spiro atoms. The SMILES string of the molecule is O=C(Cc1ccccc1)Nc1ccc(-c2ccc3ncc(N4CCN(CCN5CCCC5)CC4)nc3c2)cc1. The smallest absolute Gasteiger partial charge is 0.228 e. The first-order valence-corrected chi connectivity index (χ1v) is 14.1. The van der Waals surface area contributed by atoms with Gasteiger partial charge in [0.15, 0.2) is 0 Å². The highest BCUT2D eigenvalue weighted by molar-refractivity contribution is 5.92. The first-order valence-electron chi connectivity index (χ1n) is 14.1. The number of benzene rings is 3. The Labute approximate surface area is 230 Å². The summed E-state index contributed by atoms with van der Waals surface area (Å²) in [4.78, 5) is 29.6. The average molecular weight is 521 g/mol. The molecule has 0 radical (unpaired) electrons. The number of piperazine rings is 1. The number of nitrogens with one attached hydrogen (secondary N) is 1.